The molecule has 0 aliphatic carbocycles. The number of rotatable bonds is 4. The van der Waals surface area contributed by atoms with Gasteiger partial charge in [0.1, 0.15) is 5.41 Å². The van der Waals surface area contributed by atoms with Crippen LogP contribution < -0.4 is 0 Å². The summed E-state index contributed by atoms with van der Waals surface area (Å²) >= 11 is 2.09. The molecule has 0 saturated carbocycles. The van der Waals surface area contributed by atoms with E-state index in [0.29, 0.717) is 16.7 Å². The summed E-state index contributed by atoms with van der Waals surface area (Å²) in [7, 11) is 0. The molecular weight excluding hydrogens is 269 g/mol. The minimum absolute atomic E-state index is 0.299. The number of carbonyl (C=O) groups excluding carboxylic acids is 1. The summed E-state index contributed by atoms with van der Waals surface area (Å²) in [6.07, 6.45) is 0. The van der Waals surface area contributed by atoms with E-state index in [-0.39, 0.29) is 5.97 Å². The molecule has 1 N–H and O–H groups in total. The highest BCUT2D eigenvalue weighted by Crippen LogP contribution is 2.23. The molecule has 0 aromatic heterocycles. The molecule has 4 heteroatoms. The van der Waals surface area contributed by atoms with Crippen molar-refractivity contribution in [3.63, 3.8) is 0 Å². The maximum absolute atomic E-state index is 11.4. The predicted molar refractivity (Wildman–Crippen MR) is 57.0 cm³/mol. The first-order chi connectivity index (χ1) is 5.49. The number of esters is 1. The normalized spacial score (nSPS) is 15.0. The van der Waals surface area contributed by atoms with Crippen LogP contribution in [0.1, 0.15) is 20.8 Å². The van der Waals surface area contributed by atoms with E-state index in [1.807, 2.05) is 0 Å². The Morgan fingerprint density at radius 2 is 2.17 bits per heavy atom. The average molecular weight is 283 g/mol. The minimum atomic E-state index is -0.740. The maximum Gasteiger partial charge on any atom is 0.318 e. The zero-order chi connectivity index (χ0) is 9.78. The molecule has 12 heavy (non-hydrogen) atoms. The van der Waals surface area contributed by atoms with Crippen molar-refractivity contribution in [2.24, 2.45) is 5.41 Å². The van der Waals surface area contributed by atoms with Gasteiger partial charge in [0.2, 0.25) is 0 Å². The van der Waals surface area contributed by atoms with Crippen LogP contribution in [0, 0.1) is 10.8 Å². The lowest BCUT2D eigenvalue weighted by atomic mass is 9.88. The van der Waals surface area contributed by atoms with Crippen LogP contribution in [0.15, 0.2) is 0 Å². The molecule has 0 aromatic rings. The zero-order valence-corrected chi connectivity index (χ0v) is 9.77. The third-order valence-corrected chi connectivity index (χ3v) is 3.35. The van der Waals surface area contributed by atoms with Gasteiger partial charge in [0.05, 0.1) is 6.61 Å². The molecule has 0 radical (unpaired) electrons. The van der Waals surface area contributed by atoms with Crippen LogP contribution in [-0.2, 0) is 9.53 Å². The van der Waals surface area contributed by atoms with Gasteiger partial charge in [0.25, 0.3) is 0 Å². The smallest absolute Gasteiger partial charge is 0.318 e. The highest BCUT2D eigenvalue weighted by Gasteiger charge is 2.35. The van der Waals surface area contributed by atoms with Crippen LogP contribution >= 0.6 is 22.6 Å². The second-order valence-corrected chi connectivity index (χ2v) is 3.57. The molecule has 0 heterocycles. The Labute approximate surface area is 86.5 Å². The Kier molecular flexibility index (Phi) is 4.74. The van der Waals surface area contributed by atoms with Gasteiger partial charge in [0, 0.05) is 10.1 Å². The third kappa shape index (κ3) is 2.43. The van der Waals surface area contributed by atoms with E-state index in [2.05, 4.69) is 22.6 Å². The number of alkyl halides is 1. The Morgan fingerprint density at radius 1 is 1.67 bits per heavy atom. The van der Waals surface area contributed by atoms with Crippen molar-refractivity contribution in [1.29, 1.82) is 5.41 Å². The van der Waals surface area contributed by atoms with E-state index in [1.54, 1.807) is 20.8 Å². The molecule has 0 fully saturated rings. The van der Waals surface area contributed by atoms with Gasteiger partial charge in [0.15, 0.2) is 0 Å². The fourth-order valence-corrected chi connectivity index (χ4v) is 1.48. The quantitative estimate of drug-likeness (QED) is 0.371. The first kappa shape index (κ1) is 11.9. The Hall–Kier alpha value is -0.130. The molecule has 3 nitrogen and oxygen atoms in total. The maximum atomic E-state index is 11.4. The Morgan fingerprint density at radius 3 is 2.42 bits per heavy atom. The number of hydrogen-bond acceptors (Lipinski definition) is 3. The van der Waals surface area contributed by atoms with Crippen molar-refractivity contribution in [3.05, 3.63) is 0 Å². The number of nitrogens with one attached hydrogen (secondary N) is 1. The van der Waals surface area contributed by atoms with Crippen LogP contribution in [0.25, 0.3) is 0 Å². The lowest BCUT2D eigenvalue weighted by Crippen LogP contribution is -2.37. The largest absolute Gasteiger partial charge is 0.465 e. The van der Waals surface area contributed by atoms with Gasteiger partial charge in [-0.3, -0.25) is 4.79 Å². The first-order valence-electron chi connectivity index (χ1n) is 3.77. The fraction of sp³-hybridized carbons (Fsp3) is 0.750. The van der Waals surface area contributed by atoms with Crippen LogP contribution in [-0.4, -0.2) is 22.7 Å². The number of carbonyl (C=O) groups is 1. The van der Waals surface area contributed by atoms with Crippen molar-refractivity contribution < 1.29 is 9.53 Å². The van der Waals surface area contributed by atoms with Gasteiger partial charge in [-0.05, 0) is 20.8 Å². The van der Waals surface area contributed by atoms with E-state index in [9.17, 15) is 4.79 Å². The summed E-state index contributed by atoms with van der Waals surface area (Å²) in [6.45, 7) is 5.51. The second-order valence-electron chi connectivity index (χ2n) is 2.81. The van der Waals surface area contributed by atoms with E-state index < -0.39 is 5.41 Å². The van der Waals surface area contributed by atoms with Crippen molar-refractivity contribution in [2.75, 3.05) is 11.0 Å². The lowest BCUT2D eigenvalue weighted by molar-refractivity contribution is -0.149. The number of halogens is 1. The van der Waals surface area contributed by atoms with Gasteiger partial charge < -0.3 is 10.1 Å². The molecule has 1 unspecified atom stereocenters. The van der Waals surface area contributed by atoms with Crippen molar-refractivity contribution in [3.8, 4) is 0 Å². The summed E-state index contributed by atoms with van der Waals surface area (Å²) in [5.74, 6) is -0.299. The molecule has 0 spiro atoms. The number of hydrogen-bond donors (Lipinski definition) is 1. The van der Waals surface area contributed by atoms with Crippen molar-refractivity contribution in [2.45, 2.75) is 20.8 Å². The highest BCUT2D eigenvalue weighted by atomic mass is 127. The summed E-state index contributed by atoms with van der Waals surface area (Å²) in [5.41, 5.74) is -0.383. The van der Waals surface area contributed by atoms with Crippen LogP contribution in [0.4, 0.5) is 0 Å². The summed E-state index contributed by atoms with van der Waals surface area (Å²) < 4.78 is 5.46. The Balaban J connectivity index is 4.52. The van der Waals surface area contributed by atoms with Crippen molar-refractivity contribution >= 4 is 34.3 Å². The van der Waals surface area contributed by atoms with Gasteiger partial charge in [-0.1, -0.05) is 22.6 Å². The molecule has 0 aliphatic heterocycles. The monoisotopic (exact) mass is 283 g/mol. The average Bonchev–Trinajstić information content (AvgIpc) is 2.03. The van der Waals surface area contributed by atoms with Crippen LogP contribution in [0.3, 0.4) is 0 Å². The number of ether oxygens (including phenoxy) is 1. The SMILES string of the molecule is CCOC(=O)C(C)(CI)C(C)=N. The minimum Gasteiger partial charge on any atom is -0.465 e. The first-order valence-corrected chi connectivity index (χ1v) is 5.30. The molecular formula is C8H14INO2. The molecule has 0 rings (SSSR count). The Bertz CT molecular complexity index is 193. The standard InChI is InChI=1S/C8H14INO2/c1-4-12-7(11)8(3,5-9)6(2)10/h10H,4-5H2,1-3H3. The van der Waals surface area contributed by atoms with Crippen LogP contribution in [0.2, 0.25) is 0 Å². The molecule has 0 aliphatic rings. The van der Waals surface area contributed by atoms with Gasteiger partial charge in [-0.15, -0.1) is 0 Å². The highest BCUT2D eigenvalue weighted by molar-refractivity contribution is 14.1. The van der Waals surface area contributed by atoms with Crippen molar-refractivity contribution in [1.82, 2.24) is 0 Å². The second kappa shape index (κ2) is 4.79. The summed E-state index contributed by atoms with van der Waals surface area (Å²) in [6, 6.07) is 0. The lowest BCUT2D eigenvalue weighted by Gasteiger charge is -2.23. The summed E-state index contributed by atoms with van der Waals surface area (Å²) in [4.78, 5) is 11.4. The molecule has 0 saturated heterocycles. The third-order valence-electron chi connectivity index (χ3n) is 1.82. The van der Waals surface area contributed by atoms with E-state index in [4.69, 9.17) is 10.1 Å². The summed E-state index contributed by atoms with van der Waals surface area (Å²) in [5, 5.41) is 7.45. The van der Waals surface area contributed by atoms with E-state index in [1.165, 1.54) is 0 Å². The molecule has 0 amide bonds. The van der Waals surface area contributed by atoms with Gasteiger partial charge in [-0.25, -0.2) is 0 Å². The van der Waals surface area contributed by atoms with Gasteiger partial charge >= 0.3 is 5.97 Å². The van der Waals surface area contributed by atoms with Crippen LogP contribution in [0.5, 0.6) is 0 Å². The fourth-order valence-electron chi connectivity index (χ4n) is 0.598. The molecule has 1 atom stereocenters. The molecule has 0 bridgehead atoms. The topological polar surface area (TPSA) is 50.2 Å². The molecule has 70 valence electrons. The van der Waals surface area contributed by atoms with Gasteiger partial charge in [-0.2, -0.15) is 0 Å². The predicted octanol–water partition coefficient (Wildman–Crippen LogP) is 2.03. The molecule has 0 aromatic carbocycles. The zero-order valence-electron chi connectivity index (χ0n) is 7.61. The van der Waals surface area contributed by atoms with E-state index in [0.717, 1.165) is 0 Å². The van der Waals surface area contributed by atoms with E-state index >= 15 is 0 Å².